The normalized spacial score (nSPS) is 13.0. The van der Waals surface area contributed by atoms with Crippen molar-refractivity contribution in [2.24, 2.45) is 0 Å². The molecule has 9 heteroatoms. The Labute approximate surface area is 564 Å². The van der Waals surface area contributed by atoms with Crippen molar-refractivity contribution >= 4 is 17.9 Å². The Morgan fingerprint density at radius 3 is 0.879 bits per heavy atom. The molecule has 0 aliphatic carbocycles. The van der Waals surface area contributed by atoms with E-state index in [1.165, 1.54) is 283 Å². The molecule has 0 saturated carbocycles. The fourth-order valence-electron chi connectivity index (χ4n) is 11.4. The number of esters is 2. The number of hydrogen-bond acceptors (Lipinski definition) is 7. The van der Waals surface area contributed by atoms with Gasteiger partial charge in [0.25, 0.3) is 6.29 Å². The van der Waals surface area contributed by atoms with E-state index < -0.39 is 18.4 Å². The van der Waals surface area contributed by atoms with Crippen LogP contribution in [0.5, 0.6) is 0 Å². The van der Waals surface area contributed by atoms with Gasteiger partial charge in [0.05, 0.1) is 34.4 Å². The fourth-order valence-corrected chi connectivity index (χ4v) is 11.4. The molecule has 0 aromatic rings. The number of carboxylic acid groups (broad SMARTS) is 1. The molecule has 0 aromatic heterocycles. The molecular weight excluding hydrogens is 1130 g/mol. The maximum atomic E-state index is 13.0. The zero-order valence-electron chi connectivity index (χ0n) is 60.8. The number of likely N-dealkylation sites (N-methyl/N-ethyl adjacent to an activating group) is 1. The number of allylic oxidation sites excluding steroid dienone is 12. The molecule has 9 nitrogen and oxygen atoms in total. The van der Waals surface area contributed by atoms with Crippen molar-refractivity contribution in [3.63, 3.8) is 0 Å². The summed E-state index contributed by atoms with van der Waals surface area (Å²) in [6.45, 7) is 4.91. The molecule has 1 N–H and O–H groups in total. The largest absolute Gasteiger partial charge is 0.477 e. The molecule has 0 aliphatic heterocycles. The van der Waals surface area contributed by atoms with Crippen LogP contribution in [0, 0.1) is 0 Å². The molecule has 0 fully saturated rings. The Bertz CT molecular complexity index is 1730. The average molecular weight is 1280 g/mol. The summed E-state index contributed by atoms with van der Waals surface area (Å²) >= 11 is 0. The van der Waals surface area contributed by atoms with Crippen LogP contribution in [0.4, 0.5) is 0 Å². The Balaban J connectivity index is 4.01. The molecule has 0 aromatic carbocycles. The summed E-state index contributed by atoms with van der Waals surface area (Å²) < 4.78 is 23.0. The van der Waals surface area contributed by atoms with Crippen molar-refractivity contribution < 1.29 is 42.9 Å². The van der Waals surface area contributed by atoms with Gasteiger partial charge in [0, 0.05) is 12.8 Å². The van der Waals surface area contributed by atoms with Crippen molar-refractivity contribution in [3.8, 4) is 0 Å². The number of carboxylic acids is 1. The van der Waals surface area contributed by atoms with E-state index in [1.54, 1.807) is 0 Å². The molecular formula is C82H150NO8+. The summed E-state index contributed by atoms with van der Waals surface area (Å²) in [6, 6.07) is 0. The summed E-state index contributed by atoms with van der Waals surface area (Å²) in [5, 5.41) is 9.77. The van der Waals surface area contributed by atoms with Gasteiger partial charge in [-0.05, 0) is 89.9 Å². The Morgan fingerprint density at radius 1 is 0.330 bits per heavy atom. The lowest BCUT2D eigenvalue weighted by Gasteiger charge is -2.25. The number of nitrogens with zero attached hydrogens (tertiary/aromatic N) is 1. The molecule has 0 saturated heterocycles. The molecule has 530 valence electrons. The van der Waals surface area contributed by atoms with Gasteiger partial charge in [0.1, 0.15) is 13.2 Å². The number of rotatable bonds is 73. The van der Waals surface area contributed by atoms with E-state index in [9.17, 15) is 19.5 Å². The molecule has 0 rings (SSSR count). The van der Waals surface area contributed by atoms with E-state index in [4.69, 9.17) is 18.9 Å². The number of hydrogen-bond donors (Lipinski definition) is 1. The second-order valence-electron chi connectivity index (χ2n) is 27.7. The van der Waals surface area contributed by atoms with Crippen LogP contribution in [0.15, 0.2) is 72.9 Å². The van der Waals surface area contributed by atoms with E-state index in [0.717, 1.165) is 64.2 Å². The number of aliphatic carboxylic acids is 1. The predicted molar refractivity (Wildman–Crippen MR) is 392 cm³/mol. The van der Waals surface area contributed by atoms with Crippen LogP contribution in [0.1, 0.15) is 373 Å². The zero-order valence-corrected chi connectivity index (χ0v) is 60.8. The van der Waals surface area contributed by atoms with E-state index in [-0.39, 0.29) is 38.2 Å². The van der Waals surface area contributed by atoms with Crippen LogP contribution >= 0.6 is 0 Å². The number of carbonyl (C=O) groups excluding carboxylic acids is 2. The maximum absolute atomic E-state index is 13.0. The number of quaternary nitrogens is 1. The highest BCUT2D eigenvalue weighted by Gasteiger charge is 2.25. The van der Waals surface area contributed by atoms with Crippen LogP contribution < -0.4 is 0 Å². The third kappa shape index (κ3) is 74.0. The third-order valence-electron chi connectivity index (χ3n) is 17.4. The van der Waals surface area contributed by atoms with Crippen LogP contribution in [0.3, 0.4) is 0 Å². The Morgan fingerprint density at radius 2 is 0.593 bits per heavy atom. The molecule has 2 atom stereocenters. The van der Waals surface area contributed by atoms with Gasteiger partial charge in [-0.2, -0.15) is 0 Å². The van der Waals surface area contributed by atoms with Crippen LogP contribution in [-0.2, 0) is 33.3 Å². The van der Waals surface area contributed by atoms with Gasteiger partial charge in [0.15, 0.2) is 6.10 Å². The highest BCUT2D eigenvalue weighted by atomic mass is 16.7. The van der Waals surface area contributed by atoms with Crippen LogP contribution in [0.25, 0.3) is 0 Å². The van der Waals surface area contributed by atoms with Gasteiger partial charge in [-0.15, -0.1) is 0 Å². The van der Waals surface area contributed by atoms with E-state index in [2.05, 4.69) is 86.8 Å². The van der Waals surface area contributed by atoms with Gasteiger partial charge in [-0.25, -0.2) is 4.79 Å². The summed E-state index contributed by atoms with van der Waals surface area (Å²) in [5.41, 5.74) is 0. The van der Waals surface area contributed by atoms with Crippen LogP contribution in [-0.4, -0.2) is 87.4 Å². The summed E-state index contributed by atoms with van der Waals surface area (Å²) in [7, 11) is 5.99. The molecule has 0 heterocycles. The quantitative estimate of drug-likeness (QED) is 0.0211. The highest BCUT2D eigenvalue weighted by molar-refractivity contribution is 5.71. The van der Waals surface area contributed by atoms with Gasteiger partial charge in [-0.3, -0.25) is 9.59 Å². The fraction of sp³-hybridized carbons (Fsp3) is 0.817. The highest BCUT2D eigenvalue weighted by Crippen LogP contribution is 2.19. The SMILES string of the molecule is CCCCCCC/C=C\C/C=C\C/C=C\CCCCCCCCCCCCCCCCCCCCCCCCC(=O)OC(COC(=O)CCCCCCCCCCCCCCCC/C=C\C/C=C\C/C=C\CCCCCCC)COC(OCC[N+](C)(C)C)C(=O)O. The van der Waals surface area contributed by atoms with Crippen molar-refractivity contribution in [1.82, 2.24) is 0 Å². The van der Waals surface area contributed by atoms with Crippen molar-refractivity contribution in [3.05, 3.63) is 72.9 Å². The molecule has 2 unspecified atom stereocenters. The maximum Gasteiger partial charge on any atom is 0.361 e. The van der Waals surface area contributed by atoms with Crippen molar-refractivity contribution in [1.29, 1.82) is 0 Å². The average Bonchev–Trinajstić information content (AvgIpc) is 3.50. The van der Waals surface area contributed by atoms with E-state index in [0.29, 0.717) is 17.4 Å². The molecule has 0 radical (unpaired) electrons. The molecule has 91 heavy (non-hydrogen) atoms. The smallest absolute Gasteiger partial charge is 0.361 e. The monoisotopic (exact) mass is 1280 g/mol. The predicted octanol–water partition coefficient (Wildman–Crippen LogP) is 24.8. The summed E-state index contributed by atoms with van der Waals surface area (Å²) in [5.74, 6) is -1.98. The van der Waals surface area contributed by atoms with Crippen molar-refractivity contribution in [2.75, 3.05) is 47.5 Å². The van der Waals surface area contributed by atoms with Crippen LogP contribution in [0.2, 0.25) is 0 Å². The first-order valence-electron chi connectivity index (χ1n) is 39.1. The molecule has 0 spiro atoms. The number of carbonyl (C=O) groups is 3. The summed E-state index contributed by atoms with van der Waals surface area (Å²) in [4.78, 5) is 37.7. The third-order valence-corrected chi connectivity index (χ3v) is 17.4. The molecule has 0 bridgehead atoms. The second kappa shape index (κ2) is 72.6. The minimum absolute atomic E-state index is 0.180. The lowest BCUT2D eigenvalue weighted by atomic mass is 10.0. The van der Waals surface area contributed by atoms with Gasteiger partial charge in [0.2, 0.25) is 0 Å². The second-order valence-corrected chi connectivity index (χ2v) is 27.7. The van der Waals surface area contributed by atoms with E-state index in [1.807, 2.05) is 21.1 Å². The Kier molecular flexibility index (Phi) is 69.9. The minimum Gasteiger partial charge on any atom is -0.477 e. The first kappa shape index (κ1) is 87.7. The molecule has 0 aliphatic rings. The topological polar surface area (TPSA) is 108 Å². The standard InChI is InChI=1S/C82H149NO8/c1-6-8-10-12-14-16-18-20-22-24-26-28-30-32-34-36-37-38-39-40-41-42-43-45-47-49-51-53-55-57-59-61-63-65-67-69-71-73-80(85)91-78(77-90-82(81(86)87)88-75-74-83(3,4)5)76-89-79(84)72-70-68-66-64-62-60-58-56-54-52-50-48-46-44-35-33-31-29-27-25-23-21-19-17-15-13-11-9-7-2/h18-21,24-27,30-33,78,82H,6-17,22-23,28-29,34-77H2,1-5H3/p+1/b20-18-,21-19-,26-24-,27-25-,32-30-,33-31-. The number of unbranched alkanes of at least 4 members (excludes halogenated alkanes) is 46. The van der Waals surface area contributed by atoms with Gasteiger partial charge in [-0.1, -0.05) is 344 Å². The summed E-state index contributed by atoms with van der Waals surface area (Å²) in [6.07, 6.45) is 94.7. The van der Waals surface area contributed by atoms with Gasteiger partial charge >= 0.3 is 17.9 Å². The zero-order chi connectivity index (χ0) is 66.1. The Hall–Kier alpha value is -3.27. The number of ether oxygens (including phenoxy) is 4. The lowest BCUT2D eigenvalue weighted by Crippen LogP contribution is -2.40. The first-order valence-corrected chi connectivity index (χ1v) is 39.1. The first-order chi connectivity index (χ1) is 44.6. The van der Waals surface area contributed by atoms with E-state index >= 15 is 0 Å². The van der Waals surface area contributed by atoms with Gasteiger partial charge < -0.3 is 28.5 Å². The lowest BCUT2D eigenvalue weighted by molar-refractivity contribution is -0.870. The minimum atomic E-state index is -1.51. The van der Waals surface area contributed by atoms with Crippen molar-refractivity contribution in [2.45, 2.75) is 386 Å². The molecule has 0 amide bonds.